The standard InChI is InChI=1S/C13H6Cl2F2N2O2/c14-8-2-1-6(11-7(8)3-10(17)21-11)5-20-12-9(16)4-18-13(15)19-12/h1-4H,5H2. The molecule has 0 fully saturated rings. The first kappa shape index (κ1) is 14.0. The van der Waals surface area contributed by atoms with Crippen LogP contribution in [-0.4, -0.2) is 9.97 Å². The quantitative estimate of drug-likeness (QED) is 0.668. The number of aromatic nitrogens is 2. The summed E-state index contributed by atoms with van der Waals surface area (Å²) >= 11 is 11.5. The fraction of sp³-hybridized carbons (Fsp3) is 0.0769. The van der Waals surface area contributed by atoms with E-state index in [1.165, 1.54) is 6.07 Å². The van der Waals surface area contributed by atoms with Crippen molar-refractivity contribution >= 4 is 34.2 Å². The van der Waals surface area contributed by atoms with Gasteiger partial charge in [-0.3, -0.25) is 0 Å². The maximum absolute atomic E-state index is 13.4. The van der Waals surface area contributed by atoms with Crippen molar-refractivity contribution in [2.45, 2.75) is 6.61 Å². The first-order chi connectivity index (χ1) is 10.0. The molecule has 0 bridgehead atoms. The molecule has 0 aliphatic heterocycles. The van der Waals surface area contributed by atoms with Crippen molar-refractivity contribution in [2.75, 3.05) is 0 Å². The number of hydrogen-bond donors (Lipinski definition) is 0. The van der Waals surface area contributed by atoms with E-state index in [9.17, 15) is 8.78 Å². The van der Waals surface area contributed by atoms with Gasteiger partial charge in [-0.05, 0) is 17.7 Å². The zero-order valence-corrected chi connectivity index (χ0v) is 11.8. The van der Waals surface area contributed by atoms with Gasteiger partial charge in [-0.1, -0.05) is 17.7 Å². The van der Waals surface area contributed by atoms with Crippen LogP contribution in [0.1, 0.15) is 5.56 Å². The molecule has 1 aromatic carbocycles. The van der Waals surface area contributed by atoms with Gasteiger partial charge in [0.15, 0.2) is 0 Å². The van der Waals surface area contributed by atoms with Crippen LogP contribution in [0.2, 0.25) is 10.3 Å². The lowest BCUT2D eigenvalue weighted by atomic mass is 10.1. The zero-order chi connectivity index (χ0) is 15.0. The van der Waals surface area contributed by atoms with Crippen LogP contribution >= 0.6 is 23.2 Å². The highest BCUT2D eigenvalue weighted by Gasteiger charge is 2.14. The van der Waals surface area contributed by atoms with Gasteiger partial charge >= 0.3 is 0 Å². The molecule has 108 valence electrons. The topological polar surface area (TPSA) is 48.2 Å². The number of benzene rings is 1. The van der Waals surface area contributed by atoms with Crippen molar-refractivity contribution in [3.63, 3.8) is 0 Å². The lowest BCUT2D eigenvalue weighted by molar-refractivity contribution is 0.274. The summed E-state index contributed by atoms with van der Waals surface area (Å²) < 4.78 is 36.8. The minimum absolute atomic E-state index is 0.0924. The van der Waals surface area contributed by atoms with E-state index < -0.39 is 11.8 Å². The number of furan rings is 1. The minimum Gasteiger partial charge on any atom is -0.470 e. The van der Waals surface area contributed by atoms with Crippen LogP contribution in [-0.2, 0) is 6.61 Å². The second-order valence-electron chi connectivity index (χ2n) is 4.08. The molecule has 4 nitrogen and oxygen atoms in total. The summed E-state index contributed by atoms with van der Waals surface area (Å²) in [5.41, 5.74) is 0.730. The Bertz CT molecular complexity index is 823. The Labute approximate surface area is 127 Å². The van der Waals surface area contributed by atoms with Crippen LogP contribution in [0.15, 0.2) is 28.8 Å². The third-order valence-corrected chi connectivity index (χ3v) is 3.24. The lowest BCUT2D eigenvalue weighted by Gasteiger charge is -2.07. The maximum Gasteiger partial charge on any atom is 0.278 e. The molecular weight excluding hydrogens is 325 g/mol. The second-order valence-corrected chi connectivity index (χ2v) is 4.83. The van der Waals surface area contributed by atoms with E-state index in [2.05, 4.69) is 9.97 Å². The van der Waals surface area contributed by atoms with E-state index in [-0.39, 0.29) is 23.4 Å². The highest BCUT2D eigenvalue weighted by atomic mass is 35.5. The van der Waals surface area contributed by atoms with Gasteiger partial charge in [0.25, 0.3) is 11.9 Å². The highest BCUT2D eigenvalue weighted by Crippen LogP contribution is 2.30. The van der Waals surface area contributed by atoms with Gasteiger partial charge in [0.05, 0.1) is 11.2 Å². The molecule has 0 saturated heterocycles. The molecule has 0 amide bonds. The molecule has 0 radical (unpaired) electrons. The fourth-order valence-electron chi connectivity index (χ4n) is 1.81. The monoisotopic (exact) mass is 330 g/mol. The van der Waals surface area contributed by atoms with E-state index in [0.717, 1.165) is 6.20 Å². The molecule has 0 saturated carbocycles. The van der Waals surface area contributed by atoms with E-state index in [1.54, 1.807) is 12.1 Å². The van der Waals surface area contributed by atoms with Crippen LogP contribution in [0.5, 0.6) is 5.88 Å². The zero-order valence-electron chi connectivity index (χ0n) is 10.2. The number of nitrogens with zero attached hydrogens (tertiary/aromatic N) is 2. The van der Waals surface area contributed by atoms with Crippen LogP contribution in [0.25, 0.3) is 11.0 Å². The molecule has 8 heteroatoms. The number of fused-ring (bicyclic) bond motifs is 1. The number of halogens is 4. The van der Waals surface area contributed by atoms with Gasteiger partial charge in [-0.15, -0.1) is 0 Å². The number of rotatable bonds is 3. The summed E-state index contributed by atoms with van der Waals surface area (Å²) in [5, 5.41) is 0.616. The van der Waals surface area contributed by atoms with Gasteiger partial charge in [0.1, 0.15) is 12.2 Å². The summed E-state index contributed by atoms with van der Waals surface area (Å²) in [5.74, 6) is -1.06. The molecular formula is C13H6Cl2F2N2O2. The normalized spacial score (nSPS) is 11.0. The Morgan fingerprint density at radius 3 is 2.86 bits per heavy atom. The second kappa shape index (κ2) is 5.46. The summed E-state index contributed by atoms with van der Waals surface area (Å²) in [6.45, 7) is -0.0924. The molecule has 0 N–H and O–H groups in total. The molecule has 0 atom stereocenters. The Morgan fingerprint density at radius 2 is 2.05 bits per heavy atom. The maximum atomic E-state index is 13.4. The minimum atomic E-state index is -0.768. The molecule has 0 aliphatic carbocycles. The van der Waals surface area contributed by atoms with Crippen molar-refractivity contribution in [1.29, 1.82) is 0 Å². The van der Waals surface area contributed by atoms with Crippen molar-refractivity contribution in [3.05, 3.63) is 52.1 Å². The molecule has 0 spiro atoms. The Kier molecular flexibility index (Phi) is 3.65. The fourth-order valence-corrected chi connectivity index (χ4v) is 2.14. The predicted octanol–water partition coefficient (Wildman–Crippen LogP) is 4.39. The van der Waals surface area contributed by atoms with Gasteiger partial charge in [0.2, 0.25) is 11.1 Å². The largest absolute Gasteiger partial charge is 0.470 e. The Hall–Kier alpha value is -1.92. The van der Waals surface area contributed by atoms with Gasteiger partial charge in [-0.2, -0.15) is 13.8 Å². The van der Waals surface area contributed by atoms with Crippen molar-refractivity contribution in [2.24, 2.45) is 0 Å². The molecule has 0 aliphatic rings. The molecule has 21 heavy (non-hydrogen) atoms. The summed E-state index contributed by atoms with van der Waals surface area (Å²) in [7, 11) is 0. The molecule has 0 unspecified atom stereocenters. The summed E-state index contributed by atoms with van der Waals surface area (Å²) in [4.78, 5) is 7.09. The van der Waals surface area contributed by atoms with Crippen molar-refractivity contribution < 1.29 is 17.9 Å². The van der Waals surface area contributed by atoms with Crippen LogP contribution in [0.3, 0.4) is 0 Å². The highest BCUT2D eigenvalue weighted by molar-refractivity contribution is 6.35. The lowest BCUT2D eigenvalue weighted by Crippen LogP contribution is -2.01. The van der Waals surface area contributed by atoms with Crippen LogP contribution in [0.4, 0.5) is 8.78 Å². The first-order valence-electron chi connectivity index (χ1n) is 5.72. The summed E-state index contributed by atoms with van der Waals surface area (Å²) in [6, 6.07) is 3.56. The van der Waals surface area contributed by atoms with Crippen LogP contribution in [0, 0.1) is 11.8 Å². The number of hydrogen-bond acceptors (Lipinski definition) is 4. The van der Waals surface area contributed by atoms with Crippen LogP contribution < -0.4 is 4.74 Å². The molecule has 3 rings (SSSR count). The Balaban J connectivity index is 1.92. The van der Waals surface area contributed by atoms with Crippen molar-refractivity contribution in [1.82, 2.24) is 9.97 Å². The molecule has 3 aromatic rings. The third kappa shape index (κ3) is 2.77. The van der Waals surface area contributed by atoms with Crippen molar-refractivity contribution in [3.8, 4) is 5.88 Å². The van der Waals surface area contributed by atoms with Gasteiger partial charge in [-0.25, -0.2) is 4.98 Å². The van der Waals surface area contributed by atoms with E-state index in [0.29, 0.717) is 16.0 Å². The Morgan fingerprint density at radius 1 is 1.24 bits per heavy atom. The number of ether oxygens (including phenoxy) is 1. The predicted molar refractivity (Wildman–Crippen MR) is 72.5 cm³/mol. The summed E-state index contributed by atoms with van der Waals surface area (Å²) in [6.07, 6.45) is 0.897. The van der Waals surface area contributed by atoms with Gasteiger partial charge in [0, 0.05) is 17.0 Å². The van der Waals surface area contributed by atoms with Gasteiger partial charge < -0.3 is 9.15 Å². The van der Waals surface area contributed by atoms with E-state index >= 15 is 0 Å². The van der Waals surface area contributed by atoms with E-state index in [1.807, 2.05) is 0 Å². The molecule has 2 heterocycles. The van der Waals surface area contributed by atoms with E-state index in [4.69, 9.17) is 32.4 Å². The SMILES string of the molecule is Fc1cc2c(Cl)ccc(COc3nc(Cl)ncc3F)c2o1. The average Bonchev–Trinajstić information content (AvgIpc) is 2.84. The average molecular weight is 331 g/mol. The smallest absolute Gasteiger partial charge is 0.278 e. The molecule has 2 aromatic heterocycles. The first-order valence-corrected chi connectivity index (χ1v) is 6.47. The third-order valence-electron chi connectivity index (χ3n) is 2.73.